The summed E-state index contributed by atoms with van der Waals surface area (Å²) >= 11 is 2.43. The van der Waals surface area contributed by atoms with E-state index in [1.165, 1.54) is 6.42 Å². The third kappa shape index (κ3) is 2.31. The quantitative estimate of drug-likeness (QED) is 0.543. The lowest BCUT2D eigenvalue weighted by Crippen LogP contribution is -2.40. The minimum absolute atomic E-state index is 0.104. The molecule has 0 spiro atoms. The topological polar surface area (TPSA) is 29.5 Å². The van der Waals surface area contributed by atoms with Crippen LogP contribution in [0.25, 0.3) is 0 Å². The molecule has 4 heteroatoms. The van der Waals surface area contributed by atoms with Crippen LogP contribution in [0.5, 0.6) is 0 Å². The summed E-state index contributed by atoms with van der Waals surface area (Å²) in [5, 5.41) is 0. The maximum absolute atomic E-state index is 12.1. The summed E-state index contributed by atoms with van der Waals surface area (Å²) < 4.78 is 6.63. The first-order valence-corrected chi connectivity index (χ1v) is 7.52. The van der Waals surface area contributed by atoms with Crippen molar-refractivity contribution in [1.29, 1.82) is 0 Å². The van der Waals surface area contributed by atoms with Gasteiger partial charge in [0.15, 0.2) is 0 Å². The van der Waals surface area contributed by atoms with Crippen LogP contribution >= 0.6 is 22.6 Å². The number of ether oxygens (including phenoxy) is 1. The monoisotopic (exact) mass is 337 g/mol. The molecular weight excluding hydrogens is 317 g/mol. The number of nitrogens with zero attached hydrogens (tertiary/aromatic N) is 1. The molecule has 92 valence electrons. The first kappa shape index (κ1) is 12.5. The number of amides is 1. The number of alkyl halides is 1. The van der Waals surface area contributed by atoms with Crippen molar-refractivity contribution < 1.29 is 9.53 Å². The number of halogens is 1. The van der Waals surface area contributed by atoms with Crippen LogP contribution in [0.3, 0.4) is 0 Å². The Labute approximate surface area is 111 Å². The predicted octanol–water partition coefficient (Wildman–Crippen LogP) is 3.21. The SMILES string of the molecule is CC(C)(C)OC(=O)N1[C@H]2CC[C@@H]1[C@@H](CI)C2. The van der Waals surface area contributed by atoms with E-state index in [9.17, 15) is 4.79 Å². The molecular formula is C12H20INO2. The fourth-order valence-corrected chi connectivity index (χ4v) is 3.82. The lowest BCUT2D eigenvalue weighted by molar-refractivity contribution is 0.0208. The minimum atomic E-state index is -0.376. The van der Waals surface area contributed by atoms with Crippen molar-refractivity contribution in [3.05, 3.63) is 0 Å². The van der Waals surface area contributed by atoms with Gasteiger partial charge in [-0.1, -0.05) is 22.6 Å². The second-order valence-electron chi connectivity index (χ2n) is 5.84. The molecule has 0 saturated carbocycles. The molecule has 3 atom stereocenters. The Hall–Kier alpha value is 0. The maximum atomic E-state index is 12.1. The average Bonchev–Trinajstić information content (AvgIpc) is 2.70. The van der Waals surface area contributed by atoms with E-state index in [0.29, 0.717) is 18.0 Å². The van der Waals surface area contributed by atoms with Gasteiger partial charge >= 0.3 is 6.09 Å². The molecule has 16 heavy (non-hydrogen) atoms. The summed E-state index contributed by atoms with van der Waals surface area (Å²) in [5.41, 5.74) is -0.376. The van der Waals surface area contributed by atoms with Gasteiger partial charge in [-0.05, 0) is 46.0 Å². The summed E-state index contributed by atoms with van der Waals surface area (Å²) in [7, 11) is 0. The number of carbonyl (C=O) groups excluding carboxylic acids is 1. The van der Waals surface area contributed by atoms with Crippen LogP contribution < -0.4 is 0 Å². The zero-order valence-electron chi connectivity index (χ0n) is 10.2. The Morgan fingerprint density at radius 3 is 2.62 bits per heavy atom. The van der Waals surface area contributed by atoms with Gasteiger partial charge in [0, 0.05) is 16.5 Å². The molecule has 2 aliphatic rings. The molecule has 2 fully saturated rings. The molecule has 1 amide bonds. The second kappa shape index (κ2) is 4.35. The summed E-state index contributed by atoms with van der Waals surface area (Å²) in [6.45, 7) is 5.79. The van der Waals surface area contributed by atoms with Gasteiger partial charge in [-0.2, -0.15) is 0 Å². The smallest absolute Gasteiger partial charge is 0.410 e. The lowest BCUT2D eigenvalue weighted by Gasteiger charge is -2.28. The Kier molecular flexibility index (Phi) is 3.39. The molecule has 2 aliphatic heterocycles. The summed E-state index contributed by atoms with van der Waals surface area (Å²) in [5.74, 6) is 0.687. The third-order valence-electron chi connectivity index (χ3n) is 3.47. The van der Waals surface area contributed by atoms with E-state index in [1.807, 2.05) is 25.7 Å². The van der Waals surface area contributed by atoms with Gasteiger partial charge < -0.3 is 9.64 Å². The van der Waals surface area contributed by atoms with E-state index in [4.69, 9.17) is 4.74 Å². The molecule has 0 aliphatic carbocycles. The van der Waals surface area contributed by atoms with Crippen molar-refractivity contribution in [2.75, 3.05) is 4.43 Å². The molecule has 2 bridgehead atoms. The van der Waals surface area contributed by atoms with Crippen LogP contribution in [-0.4, -0.2) is 33.1 Å². The number of rotatable bonds is 1. The molecule has 0 aromatic rings. The second-order valence-corrected chi connectivity index (χ2v) is 6.72. The first-order chi connectivity index (χ1) is 7.42. The zero-order valence-corrected chi connectivity index (χ0v) is 12.4. The van der Waals surface area contributed by atoms with Crippen molar-refractivity contribution in [3.8, 4) is 0 Å². The van der Waals surface area contributed by atoms with Gasteiger partial charge in [-0.3, -0.25) is 0 Å². The summed E-state index contributed by atoms with van der Waals surface area (Å²) in [4.78, 5) is 14.1. The highest BCUT2D eigenvalue weighted by molar-refractivity contribution is 14.1. The van der Waals surface area contributed by atoms with E-state index in [1.54, 1.807) is 0 Å². The Morgan fingerprint density at radius 2 is 2.12 bits per heavy atom. The largest absolute Gasteiger partial charge is 0.444 e. The van der Waals surface area contributed by atoms with Gasteiger partial charge in [0.05, 0.1) is 0 Å². The minimum Gasteiger partial charge on any atom is -0.444 e. The molecule has 3 nitrogen and oxygen atoms in total. The van der Waals surface area contributed by atoms with Crippen molar-refractivity contribution in [2.24, 2.45) is 5.92 Å². The van der Waals surface area contributed by atoms with Crippen LogP contribution in [0.2, 0.25) is 0 Å². The normalized spacial score (nSPS) is 33.2. The number of hydrogen-bond donors (Lipinski definition) is 0. The van der Waals surface area contributed by atoms with Gasteiger partial charge in [0.25, 0.3) is 0 Å². The molecule has 0 N–H and O–H groups in total. The van der Waals surface area contributed by atoms with Crippen molar-refractivity contribution >= 4 is 28.7 Å². The lowest BCUT2D eigenvalue weighted by atomic mass is 9.91. The fourth-order valence-electron chi connectivity index (χ4n) is 2.88. The van der Waals surface area contributed by atoms with Gasteiger partial charge in [-0.25, -0.2) is 4.79 Å². The summed E-state index contributed by atoms with van der Waals surface area (Å²) in [6.07, 6.45) is 3.40. The van der Waals surface area contributed by atoms with Crippen LogP contribution in [-0.2, 0) is 4.74 Å². The van der Waals surface area contributed by atoms with Crippen molar-refractivity contribution in [2.45, 2.75) is 57.7 Å². The Morgan fingerprint density at radius 1 is 1.44 bits per heavy atom. The predicted molar refractivity (Wildman–Crippen MR) is 71.9 cm³/mol. The molecule has 0 unspecified atom stereocenters. The van der Waals surface area contributed by atoms with Crippen LogP contribution in [0, 0.1) is 5.92 Å². The van der Waals surface area contributed by atoms with Crippen molar-refractivity contribution in [3.63, 3.8) is 0 Å². The molecule has 0 radical (unpaired) electrons. The Bertz CT molecular complexity index is 287. The van der Waals surface area contributed by atoms with E-state index in [2.05, 4.69) is 22.6 Å². The van der Waals surface area contributed by atoms with E-state index in [-0.39, 0.29) is 11.7 Å². The van der Waals surface area contributed by atoms with E-state index >= 15 is 0 Å². The molecule has 0 aromatic heterocycles. The fraction of sp³-hybridized carbons (Fsp3) is 0.917. The molecule has 2 saturated heterocycles. The van der Waals surface area contributed by atoms with Gasteiger partial charge in [-0.15, -0.1) is 0 Å². The van der Waals surface area contributed by atoms with E-state index < -0.39 is 0 Å². The molecule has 0 aromatic carbocycles. The number of carbonyl (C=O) groups is 1. The third-order valence-corrected chi connectivity index (χ3v) is 4.60. The van der Waals surface area contributed by atoms with Crippen LogP contribution in [0.15, 0.2) is 0 Å². The molecule has 2 heterocycles. The number of fused-ring (bicyclic) bond motifs is 2. The van der Waals surface area contributed by atoms with Gasteiger partial charge in [0.2, 0.25) is 0 Å². The molecule has 2 rings (SSSR count). The van der Waals surface area contributed by atoms with Gasteiger partial charge in [0.1, 0.15) is 5.60 Å². The van der Waals surface area contributed by atoms with E-state index in [0.717, 1.165) is 17.3 Å². The number of hydrogen-bond acceptors (Lipinski definition) is 2. The standard InChI is InChI=1S/C12H20INO2/c1-12(2,3)16-11(15)14-9-4-5-10(14)8(6-9)7-13/h8-10H,4-7H2,1-3H3/t8-,9+,10-/m1/s1. The first-order valence-electron chi connectivity index (χ1n) is 5.99. The summed E-state index contributed by atoms with van der Waals surface area (Å²) in [6, 6.07) is 0.886. The highest BCUT2D eigenvalue weighted by Crippen LogP contribution is 2.43. The zero-order chi connectivity index (χ0) is 11.9. The Balaban J connectivity index is 2.03. The average molecular weight is 337 g/mol. The maximum Gasteiger partial charge on any atom is 0.410 e. The van der Waals surface area contributed by atoms with Crippen LogP contribution in [0.4, 0.5) is 4.79 Å². The highest BCUT2D eigenvalue weighted by Gasteiger charge is 2.49. The highest BCUT2D eigenvalue weighted by atomic mass is 127. The van der Waals surface area contributed by atoms with Crippen LogP contribution in [0.1, 0.15) is 40.0 Å². The van der Waals surface area contributed by atoms with Crippen molar-refractivity contribution in [1.82, 2.24) is 4.90 Å².